The predicted molar refractivity (Wildman–Crippen MR) is 115 cm³/mol. The highest BCUT2D eigenvalue weighted by Gasteiger charge is 2.70. The summed E-state index contributed by atoms with van der Waals surface area (Å²) in [4.78, 5) is 25.8. The van der Waals surface area contributed by atoms with E-state index in [1.807, 2.05) is 0 Å². The Morgan fingerprint density at radius 1 is 0.857 bits per heavy atom. The lowest BCUT2D eigenvalue weighted by atomic mass is 9.58. The van der Waals surface area contributed by atoms with Crippen molar-refractivity contribution in [2.24, 2.45) is 16.2 Å². The normalized spacial score (nSPS) is 17.3. The Hall–Kier alpha value is -1.54. The van der Waals surface area contributed by atoms with Gasteiger partial charge in [0.2, 0.25) is 0 Å². The van der Waals surface area contributed by atoms with E-state index in [1.54, 1.807) is 41.5 Å². The van der Waals surface area contributed by atoms with Gasteiger partial charge in [-0.2, -0.15) is 30.4 Å². The quantitative estimate of drug-likeness (QED) is 0.148. The Bertz CT molecular complexity index is 869. The molecule has 0 rings (SSSR count). The van der Waals surface area contributed by atoms with Crippen LogP contribution >= 0.6 is 0 Å². The Kier molecular flexibility index (Phi) is 10.4. The number of halogens is 5. The fraction of sp³-hybridized carbons (Fsp3) is 0.905. The maximum atomic E-state index is 14.2. The van der Waals surface area contributed by atoms with Crippen LogP contribution in [0.15, 0.2) is 0 Å². The predicted octanol–water partition coefficient (Wildman–Crippen LogP) is 5.12. The van der Waals surface area contributed by atoms with Crippen LogP contribution in [-0.4, -0.2) is 55.3 Å². The summed E-state index contributed by atoms with van der Waals surface area (Å²) in [6, 6.07) is 0. The summed E-state index contributed by atoms with van der Waals surface area (Å²) >= 11 is 0. The molecule has 0 bridgehead atoms. The van der Waals surface area contributed by atoms with E-state index in [2.05, 4.69) is 14.2 Å². The van der Waals surface area contributed by atoms with Crippen molar-refractivity contribution in [3.63, 3.8) is 0 Å². The molecule has 0 aliphatic carbocycles. The molecule has 0 radical (unpaired) electrons. The lowest BCUT2D eigenvalue weighted by Crippen LogP contribution is -2.61. The van der Waals surface area contributed by atoms with Gasteiger partial charge < -0.3 is 14.2 Å². The molecule has 35 heavy (non-hydrogen) atoms. The van der Waals surface area contributed by atoms with E-state index >= 15 is 0 Å². The fourth-order valence-electron chi connectivity index (χ4n) is 3.17. The molecule has 0 heterocycles. The summed E-state index contributed by atoms with van der Waals surface area (Å²) < 4.78 is 113. The van der Waals surface area contributed by atoms with Crippen LogP contribution in [0.25, 0.3) is 0 Å². The Morgan fingerprint density at radius 3 is 1.69 bits per heavy atom. The first-order valence-corrected chi connectivity index (χ1v) is 12.3. The molecule has 0 aromatic rings. The van der Waals surface area contributed by atoms with Gasteiger partial charge in [-0.25, -0.2) is 4.79 Å². The highest BCUT2D eigenvalue weighted by molar-refractivity contribution is 7.86. The Morgan fingerprint density at radius 2 is 1.34 bits per heavy atom. The van der Waals surface area contributed by atoms with Crippen LogP contribution in [0.4, 0.5) is 22.0 Å². The van der Waals surface area contributed by atoms with Gasteiger partial charge in [0.25, 0.3) is 0 Å². The van der Waals surface area contributed by atoms with Crippen LogP contribution in [0.3, 0.4) is 0 Å². The van der Waals surface area contributed by atoms with Gasteiger partial charge in [0.15, 0.2) is 0 Å². The van der Waals surface area contributed by atoms with E-state index in [9.17, 15) is 40.0 Å². The first kappa shape index (κ1) is 33.5. The van der Waals surface area contributed by atoms with Crippen LogP contribution in [0.2, 0.25) is 0 Å². The third-order valence-electron chi connectivity index (χ3n) is 6.59. The van der Waals surface area contributed by atoms with Crippen LogP contribution < -0.4 is 0 Å². The largest absolute Gasteiger partial charge is 0.468 e. The van der Waals surface area contributed by atoms with Crippen molar-refractivity contribution >= 4 is 22.1 Å². The van der Waals surface area contributed by atoms with E-state index in [0.29, 0.717) is 6.42 Å². The van der Waals surface area contributed by atoms with Gasteiger partial charge in [-0.3, -0.25) is 9.35 Å². The Balaban J connectivity index is 6.86. The number of carbonyl (C=O) groups is 2. The van der Waals surface area contributed by atoms with Gasteiger partial charge in [0, 0.05) is 0 Å². The Labute approximate surface area is 202 Å². The van der Waals surface area contributed by atoms with Crippen LogP contribution in [0.5, 0.6) is 0 Å². The zero-order valence-corrected chi connectivity index (χ0v) is 22.0. The fourth-order valence-corrected chi connectivity index (χ4v) is 3.38. The molecule has 0 aliphatic heterocycles. The summed E-state index contributed by atoms with van der Waals surface area (Å²) in [5.41, 5.74) is -3.30. The second-order valence-corrected chi connectivity index (χ2v) is 11.4. The molecule has 0 aliphatic rings. The van der Waals surface area contributed by atoms with Gasteiger partial charge in [-0.15, -0.1) is 0 Å². The van der Waals surface area contributed by atoms with Crippen molar-refractivity contribution < 1.29 is 58.7 Å². The molecule has 1 N–H and O–H groups in total. The first-order chi connectivity index (χ1) is 15.4. The first-order valence-electron chi connectivity index (χ1n) is 10.9. The maximum absolute atomic E-state index is 14.2. The average Bonchev–Trinajstić information content (AvgIpc) is 2.68. The van der Waals surface area contributed by atoms with Crippen molar-refractivity contribution in [3.8, 4) is 0 Å². The molecule has 8 nitrogen and oxygen atoms in total. The topological polar surface area (TPSA) is 116 Å². The molecular formula is C21H35F5O8S. The van der Waals surface area contributed by atoms with E-state index < -0.39 is 68.7 Å². The number of esters is 2. The van der Waals surface area contributed by atoms with Crippen molar-refractivity contribution in [2.75, 3.05) is 13.2 Å². The van der Waals surface area contributed by atoms with E-state index in [4.69, 9.17) is 4.55 Å². The van der Waals surface area contributed by atoms with Crippen molar-refractivity contribution in [1.29, 1.82) is 0 Å². The second-order valence-electron chi connectivity index (χ2n) is 9.89. The standard InChI is InChI=1S/C21H35F5O8S/c1-9-16(4,5)12-18(8,17(6,7)10-2)14(27)34-20(21(24,25)26,15(28)32-11-3)33-13-19(22,23)35(29,30)31/h9-13H2,1-8H3,(H,29,30,31). The van der Waals surface area contributed by atoms with Crippen molar-refractivity contribution in [1.82, 2.24) is 0 Å². The molecule has 0 amide bonds. The lowest BCUT2D eigenvalue weighted by molar-refractivity contribution is -0.364. The summed E-state index contributed by atoms with van der Waals surface area (Å²) in [6.07, 6.45) is -5.20. The molecule has 0 saturated heterocycles. The van der Waals surface area contributed by atoms with E-state index in [0.717, 1.165) is 6.92 Å². The number of rotatable bonds is 13. The van der Waals surface area contributed by atoms with Crippen LogP contribution in [-0.2, 0) is 33.9 Å². The van der Waals surface area contributed by atoms with Gasteiger partial charge >= 0.3 is 39.3 Å². The number of ether oxygens (including phenoxy) is 3. The third-order valence-corrected chi connectivity index (χ3v) is 7.46. The summed E-state index contributed by atoms with van der Waals surface area (Å²) in [5.74, 6) is -8.71. The summed E-state index contributed by atoms with van der Waals surface area (Å²) in [7, 11) is -6.24. The van der Waals surface area contributed by atoms with Gasteiger partial charge in [0.05, 0.1) is 12.0 Å². The molecule has 0 saturated carbocycles. The summed E-state index contributed by atoms with van der Waals surface area (Å²) in [6.45, 7) is 9.25. The zero-order valence-electron chi connectivity index (χ0n) is 21.1. The SMILES string of the molecule is CCOC(=O)C(OCC(F)(F)S(=O)(=O)O)(OC(=O)C(C)(CC(C)(C)CC)C(C)(C)CC)C(F)(F)F. The van der Waals surface area contributed by atoms with Crippen molar-refractivity contribution in [3.05, 3.63) is 0 Å². The molecule has 0 spiro atoms. The van der Waals surface area contributed by atoms with Crippen molar-refractivity contribution in [2.45, 2.75) is 91.9 Å². The third kappa shape index (κ3) is 7.25. The molecular weight excluding hydrogens is 507 g/mol. The monoisotopic (exact) mass is 542 g/mol. The van der Waals surface area contributed by atoms with Crippen LogP contribution in [0.1, 0.15) is 74.7 Å². The molecule has 14 heteroatoms. The maximum Gasteiger partial charge on any atom is 0.468 e. The van der Waals surface area contributed by atoms with E-state index in [1.165, 1.54) is 6.92 Å². The molecule has 0 aromatic heterocycles. The molecule has 0 aromatic carbocycles. The minimum Gasteiger partial charge on any atom is -0.461 e. The van der Waals surface area contributed by atoms with Crippen LogP contribution in [0, 0.1) is 16.2 Å². The number of hydrogen-bond acceptors (Lipinski definition) is 7. The average molecular weight is 543 g/mol. The number of alkyl halides is 5. The second kappa shape index (κ2) is 10.8. The molecule has 2 unspecified atom stereocenters. The highest BCUT2D eigenvalue weighted by Crippen LogP contribution is 2.52. The molecule has 2 atom stereocenters. The minimum atomic E-state index is -6.24. The minimum absolute atomic E-state index is 0.0197. The van der Waals surface area contributed by atoms with E-state index in [-0.39, 0.29) is 12.8 Å². The molecule has 208 valence electrons. The van der Waals surface area contributed by atoms with Gasteiger partial charge in [-0.1, -0.05) is 48.0 Å². The zero-order chi connectivity index (χ0) is 28.3. The van der Waals surface area contributed by atoms with Gasteiger partial charge in [0.1, 0.15) is 6.61 Å². The van der Waals surface area contributed by atoms with Gasteiger partial charge in [-0.05, 0) is 37.5 Å². The number of hydrogen-bond donors (Lipinski definition) is 1. The highest BCUT2D eigenvalue weighted by atomic mass is 32.2. The lowest BCUT2D eigenvalue weighted by Gasteiger charge is -2.47. The number of carbonyl (C=O) groups excluding carboxylic acids is 2. The molecule has 0 fully saturated rings. The smallest absolute Gasteiger partial charge is 0.461 e. The summed E-state index contributed by atoms with van der Waals surface area (Å²) in [5, 5.41) is -5.27.